The molecule has 2 aromatic rings. The van der Waals surface area contributed by atoms with Crippen molar-refractivity contribution in [2.75, 3.05) is 36.4 Å². The first-order chi connectivity index (χ1) is 12.2. The zero-order valence-electron chi connectivity index (χ0n) is 14.0. The average molecular weight is 374 g/mol. The van der Waals surface area contributed by atoms with Gasteiger partial charge in [0.1, 0.15) is 0 Å². The normalized spacial score (nSPS) is 24.0. The van der Waals surface area contributed by atoms with Crippen LogP contribution in [0.15, 0.2) is 30.3 Å². The van der Waals surface area contributed by atoms with E-state index in [9.17, 15) is 0 Å². The van der Waals surface area contributed by atoms with E-state index in [1.807, 2.05) is 12.1 Å². The Balaban J connectivity index is 1.57. The lowest BCUT2D eigenvalue weighted by Gasteiger charge is -2.42. The molecule has 1 saturated heterocycles. The van der Waals surface area contributed by atoms with E-state index in [2.05, 4.69) is 27.7 Å². The van der Waals surface area contributed by atoms with Crippen LogP contribution in [0.4, 0.5) is 17.1 Å². The van der Waals surface area contributed by atoms with Crippen LogP contribution in [-0.2, 0) is 6.42 Å². The van der Waals surface area contributed by atoms with Gasteiger partial charge in [-0.05, 0) is 60.2 Å². The topological polar surface area (TPSA) is 27.3 Å². The lowest BCUT2D eigenvalue weighted by Crippen LogP contribution is -2.41. The summed E-state index contributed by atoms with van der Waals surface area (Å²) in [5.74, 6) is 1.36. The van der Waals surface area contributed by atoms with Crippen LogP contribution < -0.4 is 15.5 Å². The number of halogens is 2. The molecule has 5 heteroatoms. The molecule has 3 nitrogen and oxygen atoms in total. The molecule has 130 valence electrons. The van der Waals surface area contributed by atoms with Gasteiger partial charge in [0.25, 0.3) is 0 Å². The molecule has 5 rings (SSSR count). The van der Waals surface area contributed by atoms with Gasteiger partial charge < -0.3 is 15.5 Å². The van der Waals surface area contributed by atoms with E-state index in [-0.39, 0.29) is 0 Å². The van der Waals surface area contributed by atoms with Crippen LogP contribution >= 0.6 is 23.2 Å². The van der Waals surface area contributed by atoms with E-state index in [1.165, 1.54) is 36.3 Å². The number of nitrogens with zero attached hydrogens (tertiary/aromatic N) is 1. The lowest BCUT2D eigenvalue weighted by molar-refractivity contribution is 0.470. The number of nitrogens with one attached hydrogen (secondary N) is 2. The van der Waals surface area contributed by atoms with Crippen molar-refractivity contribution in [3.63, 3.8) is 0 Å². The van der Waals surface area contributed by atoms with Crippen molar-refractivity contribution in [3.8, 4) is 0 Å². The Morgan fingerprint density at radius 3 is 2.92 bits per heavy atom. The second-order valence-electron chi connectivity index (χ2n) is 7.40. The fourth-order valence-electron chi connectivity index (χ4n) is 4.72. The molecule has 2 N–H and O–H groups in total. The van der Waals surface area contributed by atoms with E-state index in [0.717, 1.165) is 36.8 Å². The van der Waals surface area contributed by atoms with Crippen molar-refractivity contribution in [1.29, 1.82) is 0 Å². The first kappa shape index (κ1) is 15.8. The summed E-state index contributed by atoms with van der Waals surface area (Å²) >= 11 is 12.4. The standard InChI is InChI=1S/C20H21Cl2N3/c21-14-3-4-19(18(22)7-14)24-15-6-12-2-1-5-25-11-13-9-23-10-17(13)16(8-15)20(12)25/h3-4,6-8,13,17,23-24H,1-2,5,9-11H2/t13-,17-/m0/s1. The molecule has 0 aromatic heterocycles. The SMILES string of the molecule is Clc1ccc(Nc2cc3c4c(c2)[C@H]2CNC[C@H]2CN4CCC3)c(Cl)c1. The van der Waals surface area contributed by atoms with Crippen molar-refractivity contribution in [3.05, 3.63) is 51.5 Å². The van der Waals surface area contributed by atoms with Gasteiger partial charge >= 0.3 is 0 Å². The predicted octanol–water partition coefficient (Wildman–Crippen LogP) is 4.81. The summed E-state index contributed by atoms with van der Waals surface area (Å²) in [6, 6.07) is 10.2. The van der Waals surface area contributed by atoms with Crippen LogP contribution in [0.25, 0.3) is 0 Å². The summed E-state index contributed by atoms with van der Waals surface area (Å²) in [6.45, 7) is 4.62. The smallest absolute Gasteiger partial charge is 0.0655 e. The summed E-state index contributed by atoms with van der Waals surface area (Å²) in [5.41, 5.74) is 6.52. The van der Waals surface area contributed by atoms with Crippen molar-refractivity contribution in [1.82, 2.24) is 5.32 Å². The molecular weight excluding hydrogens is 353 g/mol. The summed E-state index contributed by atoms with van der Waals surface area (Å²) in [4.78, 5) is 2.61. The largest absolute Gasteiger partial charge is 0.371 e. The van der Waals surface area contributed by atoms with Gasteiger partial charge in [-0.3, -0.25) is 0 Å². The highest BCUT2D eigenvalue weighted by molar-refractivity contribution is 6.36. The molecule has 0 unspecified atom stereocenters. The molecule has 1 fully saturated rings. The number of anilines is 3. The van der Waals surface area contributed by atoms with Crippen molar-refractivity contribution in [2.45, 2.75) is 18.8 Å². The fraction of sp³-hybridized carbons (Fsp3) is 0.400. The second kappa shape index (κ2) is 6.08. The van der Waals surface area contributed by atoms with Crippen molar-refractivity contribution < 1.29 is 0 Å². The minimum absolute atomic E-state index is 0.630. The molecule has 0 aliphatic carbocycles. The Morgan fingerprint density at radius 1 is 1.12 bits per heavy atom. The van der Waals surface area contributed by atoms with Gasteiger partial charge in [-0.1, -0.05) is 23.2 Å². The highest BCUT2D eigenvalue weighted by atomic mass is 35.5. The second-order valence-corrected chi connectivity index (χ2v) is 8.24. The lowest BCUT2D eigenvalue weighted by atomic mass is 9.80. The van der Waals surface area contributed by atoms with Gasteiger partial charge in [0.05, 0.1) is 10.7 Å². The number of rotatable bonds is 2. The summed E-state index contributed by atoms with van der Waals surface area (Å²) < 4.78 is 0. The molecule has 0 bridgehead atoms. The van der Waals surface area contributed by atoms with Crippen molar-refractivity contribution in [2.24, 2.45) is 5.92 Å². The Hall–Kier alpha value is -1.42. The molecule has 2 aromatic carbocycles. The van der Waals surface area contributed by atoms with E-state index < -0.39 is 0 Å². The van der Waals surface area contributed by atoms with Crippen LogP contribution in [-0.4, -0.2) is 26.2 Å². The minimum atomic E-state index is 0.630. The summed E-state index contributed by atoms with van der Waals surface area (Å²) in [5, 5.41) is 8.42. The molecule has 3 heterocycles. The Morgan fingerprint density at radius 2 is 2.04 bits per heavy atom. The maximum Gasteiger partial charge on any atom is 0.0655 e. The first-order valence-corrected chi connectivity index (χ1v) is 9.79. The van der Waals surface area contributed by atoms with Crippen LogP contribution in [0, 0.1) is 5.92 Å². The summed E-state index contributed by atoms with van der Waals surface area (Å²) in [7, 11) is 0. The highest BCUT2D eigenvalue weighted by Crippen LogP contribution is 2.46. The van der Waals surface area contributed by atoms with Crippen LogP contribution in [0.3, 0.4) is 0 Å². The molecule has 25 heavy (non-hydrogen) atoms. The average Bonchev–Trinajstić information content (AvgIpc) is 3.06. The Labute approximate surface area is 158 Å². The number of fused-ring (bicyclic) bond motifs is 2. The van der Waals surface area contributed by atoms with Gasteiger partial charge in [0.2, 0.25) is 0 Å². The van der Waals surface area contributed by atoms with Gasteiger partial charge in [-0.25, -0.2) is 0 Å². The van der Waals surface area contributed by atoms with Crippen LogP contribution in [0.1, 0.15) is 23.5 Å². The summed E-state index contributed by atoms with van der Waals surface area (Å²) in [6.07, 6.45) is 2.40. The number of aryl methyl sites for hydroxylation is 1. The van der Waals surface area contributed by atoms with Crippen LogP contribution in [0.2, 0.25) is 10.0 Å². The predicted molar refractivity (Wildman–Crippen MR) is 106 cm³/mol. The van der Waals surface area contributed by atoms with Gasteiger partial charge in [-0.2, -0.15) is 0 Å². The molecule has 0 spiro atoms. The molecule has 0 radical (unpaired) electrons. The van der Waals surface area contributed by atoms with Gasteiger partial charge in [0.15, 0.2) is 0 Å². The number of hydrogen-bond acceptors (Lipinski definition) is 3. The maximum absolute atomic E-state index is 6.35. The monoisotopic (exact) mass is 373 g/mol. The van der Waals surface area contributed by atoms with Gasteiger partial charge in [0, 0.05) is 48.5 Å². The number of benzene rings is 2. The zero-order chi connectivity index (χ0) is 17.0. The number of hydrogen-bond donors (Lipinski definition) is 2. The quantitative estimate of drug-likeness (QED) is 0.790. The van der Waals surface area contributed by atoms with E-state index in [1.54, 1.807) is 6.07 Å². The Kier molecular flexibility index (Phi) is 3.85. The molecular formula is C20H21Cl2N3. The molecule has 2 atom stereocenters. The Bertz CT molecular complexity index is 836. The van der Waals surface area contributed by atoms with E-state index in [0.29, 0.717) is 16.0 Å². The molecule has 0 amide bonds. The maximum atomic E-state index is 6.35. The van der Waals surface area contributed by atoms with Gasteiger partial charge in [-0.15, -0.1) is 0 Å². The van der Waals surface area contributed by atoms with Crippen molar-refractivity contribution >= 4 is 40.3 Å². The fourth-order valence-corrected chi connectivity index (χ4v) is 5.18. The van der Waals surface area contributed by atoms with E-state index >= 15 is 0 Å². The highest BCUT2D eigenvalue weighted by Gasteiger charge is 2.38. The third kappa shape index (κ3) is 2.69. The molecule has 3 aliphatic heterocycles. The zero-order valence-corrected chi connectivity index (χ0v) is 15.5. The molecule has 0 saturated carbocycles. The third-order valence-corrected chi connectivity index (χ3v) is 6.36. The third-order valence-electron chi connectivity index (χ3n) is 5.81. The van der Waals surface area contributed by atoms with Crippen LogP contribution in [0.5, 0.6) is 0 Å². The minimum Gasteiger partial charge on any atom is -0.371 e. The first-order valence-electron chi connectivity index (χ1n) is 9.03. The van der Waals surface area contributed by atoms with E-state index in [4.69, 9.17) is 23.2 Å². The molecule has 3 aliphatic rings.